The zero-order valence-electron chi connectivity index (χ0n) is 13.1. The molecule has 1 nitrogen and oxygen atoms in total. The summed E-state index contributed by atoms with van der Waals surface area (Å²) in [6, 6.07) is 0. The highest BCUT2D eigenvalue weighted by molar-refractivity contribution is 5.99. The van der Waals surface area contributed by atoms with Crippen LogP contribution in [0.4, 0.5) is 4.39 Å². The minimum absolute atomic E-state index is 0.485. The van der Waals surface area contributed by atoms with E-state index in [1.165, 1.54) is 16.7 Å². The van der Waals surface area contributed by atoms with Gasteiger partial charge in [-0.15, -0.1) is 0 Å². The maximum atomic E-state index is 13.1. The molecule has 2 unspecified atom stereocenters. The van der Waals surface area contributed by atoms with Crippen LogP contribution in [0.15, 0.2) is 52.7 Å². The smallest absolute Gasteiger partial charge is 0.122 e. The summed E-state index contributed by atoms with van der Waals surface area (Å²) in [5, 5.41) is 0. The molecular formula is C18H26FN. The molecule has 1 rings (SSSR count). The zero-order chi connectivity index (χ0) is 15.1. The van der Waals surface area contributed by atoms with Crippen LogP contribution in [-0.2, 0) is 0 Å². The molecule has 0 aromatic rings. The van der Waals surface area contributed by atoms with Gasteiger partial charge in [-0.3, -0.25) is 4.99 Å². The average Bonchev–Trinajstić information content (AvgIpc) is 2.45. The van der Waals surface area contributed by atoms with Crippen molar-refractivity contribution in [2.45, 2.75) is 53.1 Å². The van der Waals surface area contributed by atoms with E-state index in [1.54, 1.807) is 12.3 Å². The third kappa shape index (κ3) is 4.59. The number of hydrogen-bond donors (Lipinski definition) is 0. The first-order valence-electron chi connectivity index (χ1n) is 7.36. The first kappa shape index (κ1) is 16.6. The van der Waals surface area contributed by atoms with Crippen LogP contribution < -0.4 is 0 Å². The molecule has 2 atom stereocenters. The van der Waals surface area contributed by atoms with Gasteiger partial charge in [0.15, 0.2) is 0 Å². The summed E-state index contributed by atoms with van der Waals surface area (Å²) in [7, 11) is 0. The Kier molecular flexibility index (Phi) is 6.63. The van der Waals surface area contributed by atoms with Gasteiger partial charge in [0.2, 0.25) is 0 Å². The van der Waals surface area contributed by atoms with Gasteiger partial charge in [-0.05, 0) is 43.8 Å². The van der Waals surface area contributed by atoms with Crippen molar-refractivity contribution in [3.63, 3.8) is 0 Å². The van der Waals surface area contributed by atoms with Gasteiger partial charge in [-0.25, -0.2) is 4.39 Å². The quantitative estimate of drug-likeness (QED) is 0.562. The Bertz CT molecular complexity index is 466. The van der Waals surface area contributed by atoms with Gasteiger partial charge in [0.05, 0.1) is 0 Å². The molecule has 0 saturated heterocycles. The lowest BCUT2D eigenvalue weighted by atomic mass is 9.88. The first-order chi connectivity index (χ1) is 9.49. The van der Waals surface area contributed by atoms with Crippen molar-refractivity contribution in [2.24, 2.45) is 10.9 Å². The van der Waals surface area contributed by atoms with E-state index in [0.29, 0.717) is 12.3 Å². The second-order valence-electron chi connectivity index (χ2n) is 5.43. The molecule has 0 spiro atoms. The fourth-order valence-electron chi connectivity index (χ4n) is 2.34. The Hall–Kier alpha value is -1.44. The fourth-order valence-corrected chi connectivity index (χ4v) is 2.34. The van der Waals surface area contributed by atoms with Crippen LogP contribution in [0.2, 0.25) is 0 Å². The molecule has 0 amide bonds. The summed E-state index contributed by atoms with van der Waals surface area (Å²) >= 11 is 0. The van der Waals surface area contributed by atoms with Gasteiger partial charge in [-0.2, -0.15) is 0 Å². The van der Waals surface area contributed by atoms with Crippen molar-refractivity contribution in [3.8, 4) is 0 Å². The third-order valence-electron chi connectivity index (χ3n) is 4.05. The van der Waals surface area contributed by atoms with Crippen molar-refractivity contribution < 1.29 is 4.39 Å². The molecule has 0 radical (unpaired) electrons. The van der Waals surface area contributed by atoms with Gasteiger partial charge in [0.25, 0.3) is 0 Å². The lowest BCUT2D eigenvalue weighted by Crippen LogP contribution is -2.08. The van der Waals surface area contributed by atoms with Crippen LogP contribution in [0.3, 0.4) is 0 Å². The molecule has 1 aliphatic rings. The van der Waals surface area contributed by atoms with Gasteiger partial charge in [0, 0.05) is 18.3 Å². The Morgan fingerprint density at radius 3 is 2.75 bits per heavy atom. The number of aliphatic imine (C=N–C) groups is 1. The Morgan fingerprint density at radius 2 is 2.25 bits per heavy atom. The lowest BCUT2D eigenvalue weighted by Gasteiger charge is -2.19. The van der Waals surface area contributed by atoms with Gasteiger partial charge in [0.1, 0.15) is 6.17 Å². The average molecular weight is 275 g/mol. The zero-order valence-corrected chi connectivity index (χ0v) is 13.1. The number of allylic oxidation sites excluding steroid dienone is 6. The fraction of sp³-hybridized carbons (Fsp3) is 0.500. The van der Waals surface area contributed by atoms with Crippen molar-refractivity contribution in [2.75, 3.05) is 0 Å². The van der Waals surface area contributed by atoms with Crippen LogP contribution in [0.1, 0.15) is 47.0 Å². The summed E-state index contributed by atoms with van der Waals surface area (Å²) in [6.07, 6.45) is 8.72. The number of rotatable bonds is 6. The highest BCUT2D eigenvalue weighted by atomic mass is 19.1. The summed E-state index contributed by atoms with van der Waals surface area (Å²) in [4.78, 5) is 4.34. The van der Waals surface area contributed by atoms with E-state index in [4.69, 9.17) is 0 Å². The highest BCUT2D eigenvalue weighted by Gasteiger charge is 2.14. The van der Waals surface area contributed by atoms with Crippen molar-refractivity contribution in [1.29, 1.82) is 0 Å². The molecule has 0 N–H and O–H groups in total. The Balaban J connectivity index is 3.04. The molecule has 0 aromatic heterocycles. The van der Waals surface area contributed by atoms with E-state index in [-0.39, 0.29) is 0 Å². The molecule has 0 heterocycles. The maximum Gasteiger partial charge on any atom is 0.122 e. The number of alkyl halides is 1. The Labute approximate surface area is 122 Å². The summed E-state index contributed by atoms with van der Waals surface area (Å²) in [5.74, 6) is 0.530. The second-order valence-corrected chi connectivity index (χ2v) is 5.43. The standard InChI is InChI=1S/C18H26FN/c1-6-13(3)14(4)18(15(5)20-7-2)12-16-8-10-17(19)11-9-16/h7-10,13,17H,2,6,11-12H2,1,3-5H3/b18-14-,20-15?. The molecule has 20 heavy (non-hydrogen) atoms. The van der Waals surface area contributed by atoms with Gasteiger partial charge in [-0.1, -0.05) is 44.2 Å². The summed E-state index contributed by atoms with van der Waals surface area (Å²) in [6.45, 7) is 12.3. The van der Waals surface area contributed by atoms with Crippen LogP contribution in [0.25, 0.3) is 0 Å². The first-order valence-corrected chi connectivity index (χ1v) is 7.36. The van der Waals surface area contributed by atoms with Gasteiger partial charge >= 0.3 is 0 Å². The van der Waals surface area contributed by atoms with E-state index in [9.17, 15) is 4.39 Å². The van der Waals surface area contributed by atoms with Crippen molar-refractivity contribution in [1.82, 2.24) is 0 Å². The molecule has 1 aliphatic carbocycles. The maximum absolute atomic E-state index is 13.1. The molecule has 0 saturated carbocycles. The van der Waals surface area contributed by atoms with Crippen LogP contribution in [0.5, 0.6) is 0 Å². The summed E-state index contributed by atoms with van der Waals surface area (Å²) < 4.78 is 13.1. The van der Waals surface area contributed by atoms with E-state index < -0.39 is 6.17 Å². The second kappa shape index (κ2) is 7.98. The Morgan fingerprint density at radius 1 is 1.55 bits per heavy atom. The third-order valence-corrected chi connectivity index (χ3v) is 4.05. The minimum atomic E-state index is -0.829. The predicted octanol–water partition coefficient (Wildman–Crippen LogP) is 5.57. The van der Waals surface area contributed by atoms with E-state index in [0.717, 1.165) is 18.6 Å². The molecular weight excluding hydrogens is 249 g/mol. The van der Waals surface area contributed by atoms with E-state index >= 15 is 0 Å². The monoisotopic (exact) mass is 275 g/mol. The van der Waals surface area contributed by atoms with E-state index in [1.807, 2.05) is 19.1 Å². The highest BCUT2D eigenvalue weighted by Crippen LogP contribution is 2.26. The molecule has 0 aromatic carbocycles. The summed E-state index contributed by atoms with van der Waals surface area (Å²) in [5.41, 5.74) is 4.81. The van der Waals surface area contributed by atoms with Crippen LogP contribution >= 0.6 is 0 Å². The molecule has 0 fully saturated rings. The predicted molar refractivity (Wildman–Crippen MR) is 86.8 cm³/mol. The van der Waals surface area contributed by atoms with Gasteiger partial charge < -0.3 is 0 Å². The lowest BCUT2D eigenvalue weighted by molar-refractivity contribution is 0.400. The largest absolute Gasteiger partial charge is 0.262 e. The molecule has 110 valence electrons. The van der Waals surface area contributed by atoms with Crippen LogP contribution in [0, 0.1) is 5.92 Å². The van der Waals surface area contributed by atoms with Crippen molar-refractivity contribution >= 4 is 5.71 Å². The van der Waals surface area contributed by atoms with Crippen LogP contribution in [-0.4, -0.2) is 11.9 Å². The SMILES string of the molecule is C=CN=C(C)/C(CC1=CCC(F)C=C1)=C(/C)C(C)CC. The topological polar surface area (TPSA) is 12.4 Å². The number of halogens is 1. The number of nitrogens with zero attached hydrogens (tertiary/aromatic N) is 1. The molecule has 0 bridgehead atoms. The minimum Gasteiger partial charge on any atom is -0.262 e. The number of hydrogen-bond acceptors (Lipinski definition) is 1. The normalized spacial score (nSPS) is 22.1. The molecule has 2 heteroatoms. The van der Waals surface area contributed by atoms with E-state index in [2.05, 4.69) is 32.3 Å². The molecule has 0 aliphatic heterocycles. The van der Waals surface area contributed by atoms with Crippen molar-refractivity contribution in [3.05, 3.63) is 47.7 Å².